The lowest BCUT2D eigenvalue weighted by Crippen LogP contribution is -2.35. The van der Waals surface area contributed by atoms with Crippen LogP contribution in [0.1, 0.15) is 16.1 Å². The van der Waals surface area contributed by atoms with Gasteiger partial charge in [-0.1, -0.05) is 17.7 Å². The molecule has 0 saturated heterocycles. The fourth-order valence-corrected chi connectivity index (χ4v) is 3.98. The molecule has 0 spiro atoms. The van der Waals surface area contributed by atoms with Gasteiger partial charge >= 0.3 is 12.1 Å². The molecule has 0 saturated carbocycles. The lowest BCUT2D eigenvalue weighted by Gasteiger charge is -2.19. The predicted octanol–water partition coefficient (Wildman–Crippen LogP) is 3.31. The largest absolute Gasteiger partial charge is 0.481 e. The molecule has 0 radical (unpaired) electrons. The number of nitrogens with two attached hydrogens (primary N) is 2. The molecular weight excluding hydrogens is 545 g/mol. The molecule has 0 aliphatic carbocycles. The summed E-state index contributed by atoms with van der Waals surface area (Å²) in [7, 11) is 1.38. The Hall–Kier alpha value is -4.89. The van der Waals surface area contributed by atoms with Gasteiger partial charge in [0.05, 0.1) is 41.5 Å². The standard InChI is InChI=1S/C23H18ClF3N8O4/c1-39-21-13-3-2-4-16(12(13)5-6-30-21)35-18(23(25,26)27)14(10-32-35)20(36)33-11-7-15(24)19(31-9-11)34(29)17(8-28)22(37)38/h2-10H,28-29H2,1H3,(H,33,36)(H,37,38)/b17-8-. The molecule has 16 heteroatoms. The molecule has 0 atom stereocenters. The minimum Gasteiger partial charge on any atom is -0.481 e. The van der Waals surface area contributed by atoms with Gasteiger partial charge in [0.2, 0.25) is 5.88 Å². The first-order valence-corrected chi connectivity index (χ1v) is 11.1. The van der Waals surface area contributed by atoms with Crippen molar-refractivity contribution < 1.29 is 32.6 Å². The van der Waals surface area contributed by atoms with Gasteiger partial charge in [0, 0.05) is 23.2 Å². The van der Waals surface area contributed by atoms with Crippen LogP contribution in [0.5, 0.6) is 5.88 Å². The highest BCUT2D eigenvalue weighted by Crippen LogP contribution is 2.36. The third-order valence-corrected chi connectivity index (χ3v) is 5.67. The molecule has 0 unspecified atom stereocenters. The van der Waals surface area contributed by atoms with E-state index in [0.717, 1.165) is 24.7 Å². The van der Waals surface area contributed by atoms with Gasteiger partial charge in [-0.15, -0.1) is 0 Å². The first-order valence-electron chi connectivity index (χ1n) is 10.7. The Morgan fingerprint density at radius 1 is 1.21 bits per heavy atom. The normalized spacial score (nSPS) is 11.9. The van der Waals surface area contributed by atoms with E-state index in [1.54, 1.807) is 6.07 Å². The van der Waals surface area contributed by atoms with Crippen molar-refractivity contribution in [3.63, 3.8) is 0 Å². The molecule has 0 fully saturated rings. The maximum atomic E-state index is 14.3. The van der Waals surface area contributed by atoms with Gasteiger partial charge < -0.3 is 20.9 Å². The molecule has 3 aromatic heterocycles. The van der Waals surface area contributed by atoms with Crippen LogP contribution >= 0.6 is 11.6 Å². The van der Waals surface area contributed by atoms with Crippen molar-refractivity contribution in [3.05, 3.63) is 77.1 Å². The summed E-state index contributed by atoms with van der Waals surface area (Å²) in [6.07, 6.45) is -1.08. The number of carboxylic acids is 1. The second-order valence-corrected chi connectivity index (χ2v) is 8.13. The van der Waals surface area contributed by atoms with Crippen molar-refractivity contribution in [2.24, 2.45) is 11.6 Å². The van der Waals surface area contributed by atoms with Crippen LogP contribution in [0.2, 0.25) is 5.02 Å². The quantitative estimate of drug-likeness (QED) is 0.148. The number of aliphatic carboxylic acids is 1. The maximum Gasteiger partial charge on any atom is 0.434 e. The van der Waals surface area contributed by atoms with Gasteiger partial charge in [-0.25, -0.2) is 25.3 Å². The topological polar surface area (TPSA) is 175 Å². The second kappa shape index (κ2) is 10.5. The molecule has 0 aliphatic rings. The summed E-state index contributed by atoms with van der Waals surface area (Å²) < 4.78 is 48.6. The molecule has 6 N–H and O–H groups in total. The van der Waals surface area contributed by atoms with Crippen molar-refractivity contribution in [3.8, 4) is 11.6 Å². The molecule has 4 rings (SSSR count). The number of benzene rings is 1. The number of hydrazine groups is 1. The highest BCUT2D eigenvalue weighted by molar-refractivity contribution is 6.33. The molecule has 202 valence electrons. The monoisotopic (exact) mass is 562 g/mol. The van der Waals surface area contributed by atoms with Crippen molar-refractivity contribution in [2.75, 3.05) is 17.4 Å². The molecule has 0 bridgehead atoms. The molecular formula is C23H18ClF3N8O4. The maximum absolute atomic E-state index is 14.3. The third kappa shape index (κ3) is 5.12. The number of alkyl halides is 3. The zero-order chi connectivity index (χ0) is 28.5. The fraction of sp³-hybridized carbons (Fsp3) is 0.0870. The summed E-state index contributed by atoms with van der Waals surface area (Å²) in [5.74, 6) is 3.04. The van der Waals surface area contributed by atoms with Gasteiger partial charge in [0.25, 0.3) is 5.91 Å². The number of nitrogens with zero attached hydrogens (tertiary/aromatic N) is 5. The minimum atomic E-state index is -4.98. The number of carbonyl (C=O) groups is 2. The number of fused-ring (bicyclic) bond motifs is 1. The number of methoxy groups -OCH3 is 1. The van der Waals surface area contributed by atoms with Crippen LogP contribution in [0.3, 0.4) is 0 Å². The Balaban J connectivity index is 1.72. The summed E-state index contributed by atoms with van der Waals surface area (Å²) in [6.45, 7) is 0. The van der Waals surface area contributed by atoms with E-state index >= 15 is 0 Å². The van der Waals surface area contributed by atoms with Gasteiger partial charge in [-0.05, 0) is 24.3 Å². The number of aromatic nitrogens is 4. The molecule has 1 aromatic carbocycles. The number of amides is 1. The van der Waals surface area contributed by atoms with Crippen LogP contribution < -0.4 is 26.6 Å². The van der Waals surface area contributed by atoms with Crippen LogP contribution in [0.4, 0.5) is 24.7 Å². The Bertz CT molecular complexity index is 1620. The number of pyridine rings is 2. The first kappa shape index (κ1) is 27.2. The molecule has 4 aromatic rings. The van der Waals surface area contributed by atoms with E-state index in [0.29, 0.717) is 20.5 Å². The molecule has 39 heavy (non-hydrogen) atoms. The number of rotatable bonds is 7. The zero-order valence-corrected chi connectivity index (χ0v) is 20.5. The van der Waals surface area contributed by atoms with Crippen molar-refractivity contribution >= 4 is 45.8 Å². The zero-order valence-electron chi connectivity index (χ0n) is 19.8. The Kier molecular flexibility index (Phi) is 7.29. The number of carboxylic acid groups (broad SMARTS) is 1. The molecule has 12 nitrogen and oxygen atoms in total. The van der Waals surface area contributed by atoms with Crippen LogP contribution in [-0.4, -0.2) is 43.8 Å². The van der Waals surface area contributed by atoms with E-state index < -0.39 is 35.0 Å². The summed E-state index contributed by atoms with van der Waals surface area (Å²) in [4.78, 5) is 32.1. The van der Waals surface area contributed by atoms with E-state index in [2.05, 4.69) is 20.4 Å². The minimum absolute atomic E-state index is 0.0406. The number of nitrogens with one attached hydrogen (secondary N) is 1. The smallest absolute Gasteiger partial charge is 0.434 e. The molecule has 1 amide bonds. The van der Waals surface area contributed by atoms with E-state index in [-0.39, 0.29) is 28.1 Å². The van der Waals surface area contributed by atoms with Gasteiger partial charge in [-0.3, -0.25) is 9.80 Å². The van der Waals surface area contributed by atoms with E-state index in [9.17, 15) is 22.8 Å². The van der Waals surface area contributed by atoms with E-state index in [1.165, 1.54) is 31.5 Å². The van der Waals surface area contributed by atoms with Gasteiger partial charge in [0.15, 0.2) is 17.2 Å². The SMILES string of the molecule is COc1nccc2c(-n3ncc(C(=O)Nc4cnc(N(N)/C(=C\N)C(=O)O)c(Cl)c4)c3C(F)(F)F)cccc12. The van der Waals surface area contributed by atoms with E-state index in [1.807, 2.05) is 0 Å². The summed E-state index contributed by atoms with van der Waals surface area (Å²) in [5, 5.41) is 16.5. The van der Waals surface area contributed by atoms with Crippen LogP contribution in [0.25, 0.3) is 16.5 Å². The summed E-state index contributed by atoms with van der Waals surface area (Å²) in [5.41, 5.74) is 2.54. The van der Waals surface area contributed by atoms with Gasteiger partial charge in [0.1, 0.15) is 0 Å². The van der Waals surface area contributed by atoms with Crippen LogP contribution in [-0.2, 0) is 11.0 Å². The Morgan fingerprint density at radius 2 is 1.95 bits per heavy atom. The fourth-order valence-electron chi connectivity index (χ4n) is 3.72. The second-order valence-electron chi connectivity index (χ2n) is 7.72. The Labute approximate surface area is 222 Å². The highest BCUT2D eigenvalue weighted by Gasteiger charge is 2.41. The molecule has 0 aliphatic heterocycles. The number of anilines is 2. The third-order valence-electron chi connectivity index (χ3n) is 5.39. The van der Waals surface area contributed by atoms with Crippen LogP contribution in [0, 0.1) is 0 Å². The Morgan fingerprint density at radius 3 is 2.56 bits per heavy atom. The number of hydrogen-bond acceptors (Lipinski definition) is 9. The lowest BCUT2D eigenvalue weighted by molar-refractivity contribution is -0.143. The first-order chi connectivity index (χ1) is 18.5. The number of carbonyl (C=O) groups excluding carboxylic acids is 1. The van der Waals surface area contributed by atoms with Crippen molar-refractivity contribution in [1.29, 1.82) is 0 Å². The average Bonchev–Trinajstić information content (AvgIpc) is 3.34. The van der Waals surface area contributed by atoms with Crippen LogP contribution in [0.15, 0.2) is 60.8 Å². The summed E-state index contributed by atoms with van der Waals surface area (Å²) >= 11 is 6.12. The van der Waals surface area contributed by atoms with E-state index in [4.69, 9.17) is 33.0 Å². The number of hydrogen-bond donors (Lipinski definition) is 4. The molecule has 3 heterocycles. The predicted molar refractivity (Wildman–Crippen MR) is 134 cm³/mol. The lowest BCUT2D eigenvalue weighted by atomic mass is 10.1. The average molecular weight is 563 g/mol. The van der Waals surface area contributed by atoms with Crippen molar-refractivity contribution in [1.82, 2.24) is 19.7 Å². The number of halogens is 4. The number of ether oxygens (including phenoxy) is 1. The highest BCUT2D eigenvalue weighted by atomic mass is 35.5. The van der Waals surface area contributed by atoms with Gasteiger partial charge in [-0.2, -0.15) is 18.3 Å². The van der Waals surface area contributed by atoms with Crippen molar-refractivity contribution in [2.45, 2.75) is 6.18 Å². The summed E-state index contributed by atoms with van der Waals surface area (Å²) in [6, 6.07) is 7.17.